The summed E-state index contributed by atoms with van der Waals surface area (Å²) in [6, 6.07) is 3.09. The molecule has 0 radical (unpaired) electrons. The van der Waals surface area contributed by atoms with Crippen molar-refractivity contribution in [2.24, 2.45) is 0 Å². The number of hydrogen-bond acceptors (Lipinski definition) is 5. The summed E-state index contributed by atoms with van der Waals surface area (Å²) >= 11 is 0. The maximum absolute atomic E-state index is 12.2. The van der Waals surface area contributed by atoms with Gasteiger partial charge in [-0.1, -0.05) is 0 Å². The normalized spacial score (nSPS) is 11.4. The molecule has 0 bridgehead atoms. The van der Waals surface area contributed by atoms with Gasteiger partial charge in [-0.25, -0.2) is 4.79 Å². The van der Waals surface area contributed by atoms with E-state index < -0.39 is 18.1 Å². The van der Waals surface area contributed by atoms with Crippen LogP contribution in [0.3, 0.4) is 0 Å². The highest BCUT2D eigenvalue weighted by Crippen LogP contribution is 2.29. The number of alkyl halides is 3. The first-order valence-electron chi connectivity index (χ1n) is 5.95. The fraction of sp³-hybridized carbons (Fsp3) is 0.462. The van der Waals surface area contributed by atoms with E-state index in [0.717, 1.165) is 18.2 Å². The van der Waals surface area contributed by atoms with Gasteiger partial charge in [0.05, 0.1) is 6.10 Å². The van der Waals surface area contributed by atoms with Gasteiger partial charge in [0, 0.05) is 13.2 Å². The number of benzene rings is 1. The number of halogens is 3. The third-order valence-electron chi connectivity index (χ3n) is 2.08. The average molecular weight is 308 g/mol. The van der Waals surface area contributed by atoms with E-state index in [0.29, 0.717) is 0 Å². The van der Waals surface area contributed by atoms with Crippen molar-refractivity contribution in [1.82, 2.24) is 0 Å². The highest BCUT2D eigenvalue weighted by atomic mass is 19.4. The van der Waals surface area contributed by atoms with Gasteiger partial charge in [0.15, 0.2) is 6.79 Å². The van der Waals surface area contributed by atoms with Gasteiger partial charge < -0.3 is 18.9 Å². The molecule has 0 aromatic heterocycles. The van der Waals surface area contributed by atoms with Crippen LogP contribution in [0.2, 0.25) is 0 Å². The van der Waals surface area contributed by atoms with Crippen molar-refractivity contribution >= 4 is 5.97 Å². The van der Waals surface area contributed by atoms with Crippen molar-refractivity contribution in [3.05, 3.63) is 23.8 Å². The number of carbonyl (C=O) groups is 1. The number of esters is 1. The zero-order valence-corrected chi connectivity index (χ0v) is 11.7. The summed E-state index contributed by atoms with van der Waals surface area (Å²) in [6.45, 7) is 3.06. The van der Waals surface area contributed by atoms with Crippen molar-refractivity contribution in [2.75, 3.05) is 13.9 Å². The minimum absolute atomic E-state index is 0.0183. The number of ether oxygens (including phenoxy) is 4. The number of hydrogen-bond donors (Lipinski definition) is 0. The van der Waals surface area contributed by atoms with Gasteiger partial charge >= 0.3 is 12.3 Å². The number of methoxy groups -OCH3 is 1. The Morgan fingerprint density at radius 1 is 1.29 bits per heavy atom. The Morgan fingerprint density at radius 3 is 2.48 bits per heavy atom. The summed E-state index contributed by atoms with van der Waals surface area (Å²) < 4.78 is 55.0. The highest BCUT2D eigenvalue weighted by Gasteiger charge is 2.31. The van der Waals surface area contributed by atoms with Crippen LogP contribution in [0.1, 0.15) is 24.2 Å². The Balaban J connectivity index is 3.04. The maximum atomic E-state index is 12.2. The van der Waals surface area contributed by atoms with Crippen molar-refractivity contribution < 1.29 is 36.9 Å². The first-order valence-corrected chi connectivity index (χ1v) is 5.95. The molecule has 1 aromatic rings. The summed E-state index contributed by atoms with van der Waals surface area (Å²) in [4.78, 5) is 11.8. The van der Waals surface area contributed by atoms with Gasteiger partial charge in [0.25, 0.3) is 0 Å². The molecule has 1 aromatic carbocycles. The van der Waals surface area contributed by atoms with Crippen LogP contribution >= 0.6 is 0 Å². The van der Waals surface area contributed by atoms with Crippen LogP contribution in [0.5, 0.6) is 11.5 Å². The van der Waals surface area contributed by atoms with Crippen LogP contribution in [0.15, 0.2) is 18.2 Å². The first-order chi connectivity index (χ1) is 9.73. The van der Waals surface area contributed by atoms with Gasteiger partial charge in [-0.05, 0) is 26.0 Å². The predicted octanol–water partition coefficient (Wildman–Crippen LogP) is 3.13. The second-order valence-electron chi connectivity index (χ2n) is 4.21. The lowest BCUT2D eigenvalue weighted by Gasteiger charge is -2.14. The topological polar surface area (TPSA) is 54.0 Å². The van der Waals surface area contributed by atoms with Crippen molar-refractivity contribution in [1.29, 1.82) is 0 Å². The van der Waals surface area contributed by atoms with Crippen LogP contribution in [0.25, 0.3) is 0 Å². The van der Waals surface area contributed by atoms with E-state index in [2.05, 4.69) is 9.47 Å². The van der Waals surface area contributed by atoms with Crippen molar-refractivity contribution in [2.45, 2.75) is 26.3 Å². The second kappa shape index (κ2) is 7.16. The SMILES string of the molecule is COCOc1cc(OC(F)(F)F)ccc1C(=O)OC(C)C. The maximum Gasteiger partial charge on any atom is 0.573 e. The molecular weight excluding hydrogens is 293 g/mol. The molecule has 0 amide bonds. The molecule has 0 aliphatic rings. The highest BCUT2D eigenvalue weighted by molar-refractivity contribution is 5.92. The second-order valence-corrected chi connectivity index (χ2v) is 4.21. The van der Waals surface area contributed by atoms with Crippen LogP contribution in [0.4, 0.5) is 13.2 Å². The Kier molecular flexibility index (Phi) is 5.83. The van der Waals surface area contributed by atoms with Gasteiger partial charge in [-0.2, -0.15) is 0 Å². The smallest absolute Gasteiger partial charge is 0.467 e. The van der Waals surface area contributed by atoms with E-state index in [1.54, 1.807) is 13.8 Å². The lowest BCUT2D eigenvalue weighted by atomic mass is 10.2. The van der Waals surface area contributed by atoms with Gasteiger partial charge in [0.1, 0.15) is 17.1 Å². The van der Waals surface area contributed by atoms with E-state index in [9.17, 15) is 18.0 Å². The van der Waals surface area contributed by atoms with E-state index in [-0.39, 0.29) is 24.2 Å². The van der Waals surface area contributed by atoms with Crippen LogP contribution in [0, 0.1) is 0 Å². The number of rotatable bonds is 6. The quantitative estimate of drug-likeness (QED) is 0.597. The van der Waals surface area contributed by atoms with E-state index in [1.807, 2.05) is 0 Å². The lowest BCUT2D eigenvalue weighted by Crippen LogP contribution is -2.18. The molecule has 0 unspecified atom stereocenters. The van der Waals surface area contributed by atoms with Crippen LogP contribution in [-0.2, 0) is 9.47 Å². The molecule has 8 heteroatoms. The van der Waals surface area contributed by atoms with E-state index >= 15 is 0 Å². The molecule has 0 fully saturated rings. The molecule has 0 aliphatic heterocycles. The number of carbonyl (C=O) groups excluding carboxylic acids is 1. The molecule has 0 spiro atoms. The fourth-order valence-electron chi connectivity index (χ4n) is 1.39. The summed E-state index contributed by atoms with van der Waals surface area (Å²) in [5.41, 5.74) is -0.0183. The summed E-state index contributed by atoms with van der Waals surface area (Å²) in [5.74, 6) is -1.34. The van der Waals surface area contributed by atoms with Gasteiger partial charge in [-0.3, -0.25) is 0 Å². The minimum Gasteiger partial charge on any atom is -0.467 e. The molecular formula is C13H15F3O5. The predicted molar refractivity (Wildman–Crippen MR) is 66.2 cm³/mol. The average Bonchev–Trinajstić information content (AvgIpc) is 2.33. The zero-order valence-electron chi connectivity index (χ0n) is 11.7. The zero-order chi connectivity index (χ0) is 16.0. The molecule has 1 rings (SSSR count). The standard InChI is InChI=1S/C13H15F3O5/c1-8(2)20-12(17)10-5-4-9(21-13(14,15)16)6-11(10)19-7-18-3/h4-6,8H,7H2,1-3H3. The van der Waals surface area contributed by atoms with E-state index in [1.165, 1.54) is 7.11 Å². The minimum atomic E-state index is -4.83. The van der Waals surface area contributed by atoms with Crippen molar-refractivity contribution in [3.63, 3.8) is 0 Å². The Hall–Kier alpha value is -1.96. The third-order valence-corrected chi connectivity index (χ3v) is 2.08. The molecule has 0 saturated carbocycles. The fourth-order valence-corrected chi connectivity index (χ4v) is 1.39. The largest absolute Gasteiger partial charge is 0.573 e. The molecule has 0 atom stereocenters. The Morgan fingerprint density at radius 2 is 1.95 bits per heavy atom. The van der Waals surface area contributed by atoms with Crippen LogP contribution in [-0.4, -0.2) is 32.3 Å². The molecule has 0 saturated heterocycles. The first kappa shape index (κ1) is 17.1. The lowest BCUT2D eigenvalue weighted by molar-refractivity contribution is -0.274. The molecule has 5 nitrogen and oxygen atoms in total. The summed E-state index contributed by atoms with van der Waals surface area (Å²) in [5, 5.41) is 0. The summed E-state index contributed by atoms with van der Waals surface area (Å²) in [6.07, 6.45) is -5.21. The molecule has 21 heavy (non-hydrogen) atoms. The van der Waals surface area contributed by atoms with Crippen LogP contribution < -0.4 is 9.47 Å². The van der Waals surface area contributed by atoms with Crippen molar-refractivity contribution in [3.8, 4) is 11.5 Å². The van der Waals surface area contributed by atoms with Gasteiger partial charge in [-0.15, -0.1) is 13.2 Å². The molecule has 0 aliphatic carbocycles. The Bertz CT molecular complexity index is 485. The van der Waals surface area contributed by atoms with E-state index in [4.69, 9.17) is 9.47 Å². The summed E-state index contributed by atoms with van der Waals surface area (Å²) in [7, 11) is 1.34. The molecule has 0 heterocycles. The molecule has 118 valence electrons. The molecule has 0 N–H and O–H groups in total. The van der Waals surface area contributed by atoms with Gasteiger partial charge in [0.2, 0.25) is 0 Å². The third kappa shape index (κ3) is 5.90. The Labute approximate surface area is 119 Å². The monoisotopic (exact) mass is 308 g/mol.